The van der Waals surface area contributed by atoms with E-state index in [1.165, 1.54) is 17.5 Å². The highest BCUT2D eigenvalue weighted by Crippen LogP contribution is 2.21. The molecule has 1 aromatic carbocycles. The summed E-state index contributed by atoms with van der Waals surface area (Å²) in [5, 5.41) is 0. The fourth-order valence-electron chi connectivity index (χ4n) is 1.99. The van der Waals surface area contributed by atoms with Crippen molar-refractivity contribution in [3.63, 3.8) is 0 Å². The molecule has 1 fully saturated rings. The maximum atomic E-state index is 5.73. The Morgan fingerprint density at radius 3 is 2.89 bits per heavy atom. The van der Waals surface area contributed by atoms with Gasteiger partial charge in [-0.25, -0.2) is 0 Å². The molecule has 2 heteroatoms. The molecule has 1 aliphatic heterocycles. The Hall–Kier alpha value is -1.28. The second kappa shape index (κ2) is 6.60. The van der Waals surface area contributed by atoms with Crippen molar-refractivity contribution in [1.82, 2.24) is 0 Å². The summed E-state index contributed by atoms with van der Waals surface area (Å²) in [5.74, 6) is 0.963. The third kappa shape index (κ3) is 3.88. The number of rotatable bonds is 7. The lowest BCUT2D eigenvalue weighted by atomic mass is 10.00. The van der Waals surface area contributed by atoms with E-state index in [9.17, 15) is 0 Å². The molecule has 0 radical (unpaired) electrons. The first-order chi connectivity index (χ1) is 8.83. The van der Waals surface area contributed by atoms with Crippen LogP contribution in [0, 0.1) is 0 Å². The number of benzene rings is 1. The van der Waals surface area contributed by atoms with Gasteiger partial charge >= 0.3 is 0 Å². The van der Waals surface area contributed by atoms with Crippen molar-refractivity contribution < 1.29 is 9.47 Å². The van der Waals surface area contributed by atoms with Crippen LogP contribution in [0.3, 0.4) is 0 Å². The topological polar surface area (TPSA) is 21.8 Å². The molecule has 98 valence electrons. The van der Waals surface area contributed by atoms with Crippen LogP contribution >= 0.6 is 0 Å². The van der Waals surface area contributed by atoms with Gasteiger partial charge in [-0.05, 0) is 43.0 Å². The van der Waals surface area contributed by atoms with Gasteiger partial charge in [-0.15, -0.1) is 0 Å². The molecular weight excluding hydrogens is 224 g/mol. The maximum absolute atomic E-state index is 5.73. The minimum Gasteiger partial charge on any atom is -0.491 e. The Labute approximate surface area is 110 Å². The summed E-state index contributed by atoms with van der Waals surface area (Å²) in [5.41, 5.74) is 2.81. The van der Waals surface area contributed by atoms with E-state index in [4.69, 9.17) is 9.47 Å². The second-order valence-electron chi connectivity index (χ2n) is 4.72. The molecule has 1 heterocycles. The van der Waals surface area contributed by atoms with Gasteiger partial charge in [0.25, 0.3) is 0 Å². The Bertz CT molecular complexity index is 406. The lowest BCUT2D eigenvalue weighted by Crippen LogP contribution is -2.05. The van der Waals surface area contributed by atoms with Crippen molar-refractivity contribution in [2.45, 2.75) is 39.2 Å². The zero-order valence-electron chi connectivity index (χ0n) is 11.3. The fraction of sp³-hybridized carbons (Fsp3) is 0.500. The average Bonchev–Trinajstić information content (AvgIpc) is 3.20. The third-order valence-corrected chi connectivity index (χ3v) is 3.11. The minimum absolute atomic E-state index is 0.319. The van der Waals surface area contributed by atoms with Crippen molar-refractivity contribution in [3.8, 4) is 5.75 Å². The van der Waals surface area contributed by atoms with E-state index in [2.05, 4.69) is 44.2 Å². The van der Waals surface area contributed by atoms with Crippen molar-refractivity contribution in [2.75, 3.05) is 13.2 Å². The molecule has 0 bridgehead atoms. The molecule has 2 nitrogen and oxygen atoms in total. The van der Waals surface area contributed by atoms with Crippen molar-refractivity contribution in [3.05, 3.63) is 41.5 Å². The predicted octanol–water partition coefficient (Wildman–Crippen LogP) is 3.54. The van der Waals surface area contributed by atoms with Crippen LogP contribution in [0.25, 0.3) is 0 Å². The van der Waals surface area contributed by atoms with Crippen molar-refractivity contribution in [2.24, 2.45) is 0 Å². The predicted molar refractivity (Wildman–Crippen MR) is 74.2 cm³/mol. The van der Waals surface area contributed by atoms with E-state index in [0.29, 0.717) is 12.7 Å². The Morgan fingerprint density at radius 2 is 2.22 bits per heavy atom. The Balaban J connectivity index is 2.06. The molecule has 1 unspecified atom stereocenters. The molecule has 0 amide bonds. The Morgan fingerprint density at radius 1 is 1.39 bits per heavy atom. The first-order valence-electron chi connectivity index (χ1n) is 6.80. The van der Waals surface area contributed by atoms with Gasteiger partial charge in [-0.1, -0.05) is 31.6 Å². The van der Waals surface area contributed by atoms with Crippen molar-refractivity contribution in [1.29, 1.82) is 0 Å². The van der Waals surface area contributed by atoms with Gasteiger partial charge in [0.1, 0.15) is 18.5 Å². The quantitative estimate of drug-likeness (QED) is 0.542. The van der Waals surface area contributed by atoms with E-state index < -0.39 is 0 Å². The molecule has 0 aromatic heterocycles. The number of allylic oxidation sites excluding steroid dienone is 2. The molecule has 1 saturated heterocycles. The first kappa shape index (κ1) is 13.2. The maximum Gasteiger partial charge on any atom is 0.119 e. The molecule has 0 aliphatic carbocycles. The summed E-state index contributed by atoms with van der Waals surface area (Å²) in [7, 11) is 0. The molecule has 0 N–H and O–H groups in total. The molecule has 0 saturated carbocycles. The highest BCUT2D eigenvalue weighted by atomic mass is 16.6. The van der Waals surface area contributed by atoms with E-state index >= 15 is 0 Å². The fourth-order valence-corrected chi connectivity index (χ4v) is 1.99. The molecule has 18 heavy (non-hydrogen) atoms. The summed E-state index contributed by atoms with van der Waals surface area (Å²) in [6.07, 6.45) is 7.92. The lowest BCUT2D eigenvalue weighted by Gasteiger charge is -2.11. The standard InChI is InChI=1S/C16H22O2/c1-3-5-7-14-10-15(17-11-16-12-18-16)9-8-13(14)6-4-2/h3,5,8-10,16H,4,6-7,11-12H2,1-2H3. The van der Waals surface area contributed by atoms with Crippen LogP contribution in [0.2, 0.25) is 0 Å². The van der Waals surface area contributed by atoms with Crippen LogP contribution in [0.4, 0.5) is 0 Å². The number of epoxide rings is 1. The highest BCUT2D eigenvalue weighted by molar-refractivity contribution is 5.37. The number of aryl methyl sites for hydroxylation is 1. The number of hydrogen-bond acceptors (Lipinski definition) is 2. The molecular formula is C16H22O2. The van der Waals surface area contributed by atoms with Crippen LogP contribution in [0.5, 0.6) is 5.75 Å². The van der Waals surface area contributed by atoms with Gasteiger partial charge < -0.3 is 9.47 Å². The van der Waals surface area contributed by atoms with Crippen LogP contribution < -0.4 is 4.74 Å². The molecule has 1 aliphatic rings. The summed E-state index contributed by atoms with van der Waals surface area (Å²) < 4.78 is 10.9. The summed E-state index contributed by atoms with van der Waals surface area (Å²) in [6, 6.07) is 6.45. The van der Waals surface area contributed by atoms with Gasteiger partial charge in [-0.3, -0.25) is 0 Å². The summed E-state index contributed by atoms with van der Waals surface area (Å²) in [6.45, 7) is 5.80. The summed E-state index contributed by atoms with van der Waals surface area (Å²) in [4.78, 5) is 0. The van der Waals surface area contributed by atoms with E-state index in [1.807, 2.05) is 0 Å². The average molecular weight is 246 g/mol. The van der Waals surface area contributed by atoms with E-state index in [-0.39, 0.29) is 0 Å². The van der Waals surface area contributed by atoms with Crippen LogP contribution in [0.15, 0.2) is 30.4 Å². The molecule has 1 atom stereocenters. The van der Waals surface area contributed by atoms with E-state index in [0.717, 1.165) is 25.2 Å². The normalized spacial score (nSPS) is 18.2. The van der Waals surface area contributed by atoms with E-state index in [1.54, 1.807) is 0 Å². The zero-order chi connectivity index (χ0) is 12.8. The molecule has 1 aromatic rings. The second-order valence-corrected chi connectivity index (χ2v) is 4.72. The van der Waals surface area contributed by atoms with Gasteiger partial charge in [0, 0.05) is 0 Å². The van der Waals surface area contributed by atoms with Crippen LogP contribution in [-0.4, -0.2) is 19.3 Å². The first-order valence-corrected chi connectivity index (χ1v) is 6.80. The van der Waals surface area contributed by atoms with Crippen molar-refractivity contribution >= 4 is 0 Å². The lowest BCUT2D eigenvalue weighted by molar-refractivity contribution is 0.263. The minimum atomic E-state index is 0.319. The number of hydrogen-bond donors (Lipinski definition) is 0. The largest absolute Gasteiger partial charge is 0.491 e. The molecule has 2 rings (SSSR count). The van der Waals surface area contributed by atoms with Gasteiger partial charge in [0.2, 0.25) is 0 Å². The van der Waals surface area contributed by atoms with Gasteiger partial charge in [0.05, 0.1) is 6.61 Å². The zero-order valence-corrected chi connectivity index (χ0v) is 11.3. The van der Waals surface area contributed by atoms with Crippen LogP contribution in [-0.2, 0) is 17.6 Å². The Kier molecular flexibility index (Phi) is 4.82. The SMILES string of the molecule is CC=CCc1cc(OCC2CO2)ccc1CCC. The third-order valence-electron chi connectivity index (χ3n) is 3.11. The summed E-state index contributed by atoms with van der Waals surface area (Å²) >= 11 is 0. The highest BCUT2D eigenvalue weighted by Gasteiger charge is 2.23. The number of ether oxygens (including phenoxy) is 2. The smallest absolute Gasteiger partial charge is 0.119 e. The van der Waals surface area contributed by atoms with Gasteiger partial charge in [0.15, 0.2) is 0 Å². The molecule has 0 spiro atoms. The monoisotopic (exact) mass is 246 g/mol. The van der Waals surface area contributed by atoms with Gasteiger partial charge in [-0.2, -0.15) is 0 Å². The van der Waals surface area contributed by atoms with Crippen LogP contribution in [0.1, 0.15) is 31.4 Å².